The molecule has 3 N–H and O–H groups in total. The van der Waals surface area contributed by atoms with E-state index in [0.29, 0.717) is 23.2 Å². The maximum Gasteiger partial charge on any atom is 0.239 e. The molecule has 0 amide bonds. The normalized spacial score (nSPS) is 15.2. The van der Waals surface area contributed by atoms with Crippen LogP contribution < -0.4 is 5.73 Å². The monoisotopic (exact) mass is 258 g/mol. The van der Waals surface area contributed by atoms with Gasteiger partial charge in [0.25, 0.3) is 0 Å². The first kappa shape index (κ1) is 10.5. The summed E-state index contributed by atoms with van der Waals surface area (Å²) in [4.78, 5) is 8.56. The molecule has 0 unspecified atom stereocenters. The molecule has 1 saturated carbocycles. The van der Waals surface area contributed by atoms with Gasteiger partial charge in [-0.1, -0.05) is 0 Å². The maximum atomic E-state index is 13.3. The van der Waals surface area contributed by atoms with Gasteiger partial charge < -0.3 is 10.3 Å². The van der Waals surface area contributed by atoms with E-state index in [-0.39, 0.29) is 11.8 Å². The molecule has 0 saturated heterocycles. The Kier molecular flexibility index (Phi) is 1.95. The summed E-state index contributed by atoms with van der Waals surface area (Å²) in [5.41, 5.74) is 7.06. The van der Waals surface area contributed by atoms with E-state index in [1.165, 1.54) is 12.1 Å². The molecule has 2 aromatic heterocycles. The van der Waals surface area contributed by atoms with Crippen LogP contribution in [0, 0.1) is 5.82 Å². The highest BCUT2D eigenvalue weighted by atomic mass is 19.1. The van der Waals surface area contributed by atoms with Crippen LogP contribution >= 0.6 is 0 Å². The van der Waals surface area contributed by atoms with Gasteiger partial charge in [-0.2, -0.15) is 4.98 Å². The van der Waals surface area contributed by atoms with Crippen molar-refractivity contribution in [3.63, 3.8) is 0 Å². The van der Waals surface area contributed by atoms with Crippen LogP contribution in [0.3, 0.4) is 0 Å². The Morgan fingerprint density at radius 1 is 1.32 bits per heavy atom. The number of benzene rings is 1. The Hall–Kier alpha value is -2.44. The SMILES string of the molecule is Nc1n[nH]c(-c2nc3cc(F)ccc3n2C2CC2)n1. The summed E-state index contributed by atoms with van der Waals surface area (Å²) in [6.45, 7) is 0. The van der Waals surface area contributed by atoms with E-state index in [0.717, 1.165) is 18.4 Å². The average Bonchev–Trinajstić information content (AvgIpc) is 3.02. The molecule has 0 bridgehead atoms. The number of nitrogens with two attached hydrogens (primary N) is 1. The number of nitrogens with one attached hydrogen (secondary N) is 1. The highest BCUT2D eigenvalue weighted by Gasteiger charge is 2.29. The minimum Gasteiger partial charge on any atom is -0.366 e. The molecule has 0 spiro atoms. The van der Waals surface area contributed by atoms with Crippen LogP contribution in [0.4, 0.5) is 10.3 Å². The number of hydrogen-bond donors (Lipinski definition) is 2. The summed E-state index contributed by atoms with van der Waals surface area (Å²) in [5, 5.41) is 6.57. The van der Waals surface area contributed by atoms with Crippen molar-refractivity contribution in [2.75, 3.05) is 5.73 Å². The van der Waals surface area contributed by atoms with Gasteiger partial charge in [0.1, 0.15) is 5.82 Å². The molecule has 1 fully saturated rings. The van der Waals surface area contributed by atoms with Crippen molar-refractivity contribution in [3.8, 4) is 11.6 Å². The number of anilines is 1. The summed E-state index contributed by atoms with van der Waals surface area (Å²) in [5.74, 6) is 1.06. The summed E-state index contributed by atoms with van der Waals surface area (Å²) in [6, 6.07) is 5.02. The van der Waals surface area contributed by atoms with Gasteiger partial charge in [0.05, 0.1) is 11.0 Å². The van der Waals surface area contributed by atoms with Crippen molar-refractivity contribution in [3.05, 3.63) is 24.0 Å². The highest BCUT2D eigenvalue weighted by Crippen LogP contribution is 2.40. The van der Waals surface area contributed by atoms with Crippen LogP contribution in [0.25, 0.3) is 22.7 Å². The number of fused-ring (bicyclic) bond motifs is 1. The van der Waals surface area contributed by atoms with Gasteiger partial charge in [0, 0.05) is 12.1 Å². The Morgan fingerprint density at radius 2 is 2.16 bits per heavy atom. The van der Waals surface area contributed by atoms with Crippen molar-refractivity contribution < 1.29 is 4.39 Å². The van der Waals surface area contributed by atoms with Gasteiger partial charge in [-0.25, -0.2) is 9.37 Å². The fraction of sp³-hybridized carbons (Fsp3) is 0.250. The van der Waals surface area contributed by atoms with E-state index in [9.17, 15) is 4.39 Å². The third-order valence-electron chi connectivity index (χ3n) is 3.28. The molecule has 1 aromatic carbocycles. The summed E-state index contributed by atoms with van der Waals surface area (Å²) in [7, 11) is 0. The van der Waals surface area contributed by atoms with Crippen molar-refractivity contribution in [2.24, 2.45) is 0 Å². The Bertz CT molecular complexity index is 770. The van der Waals surface area contributed by atoms with Crippen molar-refractivity contribution in [1.29, 1.82) is 0 Å². The third kappa shape index (κ3) is 1.58. The van der Waals surface area contributed by atoms with E-state index >= 15 is 0 Å². The lowest BCUT2D eigenvalue weighted by molar-refractivity contribution is 0.629. The standard InChI is InChI=1S/C12H11FN6/c13-6-1-4-9-8(5-6)15-11(19(9)7-2-3-7)10-16-12(14)18-17-10/h1,4-5,7H,2-3H2,(H3,14,16,17,18). The first-order valence-corrected chi connectivity index (χ1v) is 6.08. The van der Waals surface area contributed by atoms with Crippen molar-refractivity contribution in [1.82, 2.24) is 24.7 Å². The number of imidazole rings is 1. The first-order valence-electron chi connectivity index (χ1n) is 6.08. The van der Waals surface area contributed by atoms with Crippen molar-refractivity contribution in [2.45, 2.75) is 18.9 Å². The largest absolute Gasteiger partial charge is 0.366 e. The minimum absolute atomic E-state index is 0.176. The van der Waals surface area contributed by atoms with Crippen LogP contribution in [0.1, 0.15) is 18.9 Å². The molecule has 96 valence electrons. The molecule has 0 atom stereocenters. The zero-order valence-electron chi connectivity index (χ0n) is 9.97. The molecular weight excluding hydrogens is 247 g/mol. The zero-order chi connectivity index (χ0) is 13.0. The van der Waals surface area contributed by atoms with Crippen LogP contribution in [-0.4, -0.2) is 24.7 Å². The lowest BCUT2D eigenvalue weighted by Crippen LogP contribution is -1.98. The number of nitrogen functional groups attached to an aromatic ring is 1. The second-order valence-electron chi connectivity index (χ2n) is 4.71. The third-order valence-corrected chi connectivity index (χ3v) is 3.28. The summed E-state index contributed by atoms with van der Waals surface area (Å²) in [6.07, 6.45) is 2.19. The molecule has 4 rings (SSSR count). The minimum atomic E-state index is -0.295. The second kappa shape index (κ2) is 3.53. The van der Waals surface area contributed by atoms with E-state index in [2.05, 4.69) is 24.7 Å². The Balaban J connectivity index is 2.01. The molecule has 1 aliphatic rings. The van der Waals surface area contributed by atoms with Gasteiger partial charge in [-0.3, -0.25) is 5.10 Å². The summed E-state index contributed by atoms with van der Waals surface area (Å²) >= 11 is 0. The van der Waals surface area contributed by atoms with Gasteiger partial charge in [-0.05, 0) is 25.0 Å². The summed E-state index contributed by atoms with van der Waals surface area (Å²) < 4.78 is 15.4. The average molecular weight is 258 g/mol. The van der Waals surface area contributed by atoms with E-state index in [4.69, 9.17) is 5.73 Å². The molecule has 0 aliphatic heterocycles. The molecule has 6 nitrogen and oxygen atoms in total. The second-order valence-corrected chi connectivity index (χ2v) is 4.71. The lowest BCUT2D eigenvalue weighted by atomic mass is 10.3. The smallest absolute Gasteiger partial charge is 0.239 e. The molecule has 0 radical (unpaired) electrons. The topological polar surface area (TPSA) is 85.4 Å². The van der Waals surface area contributed by atoms with Crippen LogP contribution in [0.15, 0.2) is 18.2 Å². The highest BCUT2D eigenvalue weighted by molar-refractivity contribution is 5.80. The van der Waals surface area contributed by atoms with Gasteiger partial charge in [-0.15, -0.1) is 5.10 Å². The lowest BCUT2D eigenvalue weighted by Gasteiger charge is -2.04. The van der Waals surface area contributed by atoms with E-state index in [1.807, 2.05) is 0 Å². The van der Waals surface area contributed by atoms with Crippen LogP contribution in [-0.2, 0) is 0 Å². The molecular formula is C12H11FN6. The van der Waals surface area contributed by atoms with Crippen LogP contribution in [0.5, 0.6) is 0 Å². The first-order chi connectivity index (χ1) is 9.22. The van der Waals surface area contributed by atoms with Gasteiger partial charge >= 0.3 is 0 Å². The van der Waals surface area contributed by atoms with E-state index < -0.39 is 0 Å². The predicted octanol–water partition coefficient (Wildman–Crippen LogP) is 1.88. The number of halogens is 1. The molecule has 19 heavy (non-hydrogen) atoms. The van der Waals surface area contributed by atoms with Gasteiger partial charge in [0.15, 0.2) is 11.6 Å². The molecule has 1 aliphatic carbocycles. The number of aromatic nitrogens is 5. The fourth-order valence-electron chi connectivity index (χ4n) is 2.32. The molecule has 3 aromatic rings. The molecule has 7 heteroatoms. The van der Waals surface area contributed by atoms with Crippen molar-refractivity contribution >= 4 is 17.0 Å². The predicted molar refractivity (Wildman–Crippen MR) is 67.8 cm³/mol. The number of hydrogen-bond acceptors (Lipinski definition) is 4. The zero-order valence-corrected chi connectivity index (χ0v) is 9.97. The number of rotatable bonds is 2. The van der Waals surface area contributed by atoms with Crippen LogP contribution in [0.2, 0.25) is 0 Å². The quantitative estimate of drug-likeness (QED) is 0.734. The number of aromatic amines is 1. The Labute approximate surface area is 107 Å². The molecule has 2 heterocycles. The number of H-pyrrole nitrogens is 1. The van der Waals surface area contributed by atoms with E-state index in [1.54, 1.807) is 6.07 Å². The maximum absolute atomic E-state index is 13.3. The number of nitrogens with zero attached hydrogens (tertiary/aromatic N) is 4. The Morgan fingerprint density at radius 3 is 2.84 bits per heavy atom. The fourth-order valence-corrected chi connectivity index (χ4v) is 2.32. The van der Waals surface area contributed by atoms with Gasteiger partial charge in [0.2, 0.25) is 5.95 Å².